The second kappa shape index (κ2) is 6.37. The predicted octanol–water partition coefficient (Wildman–Crippen LogP) is 2.30. The molecule has 0 fully saturated rings. The zero-order valence-corrected chi connectivity index (χ0v) is 11.9. The highest BCUT2D eigenvalue weighted by Gasteiger charge is 2.16. The van der Waals surface area contributed by atoms with E-state index < -0.39 is 5.97 Å². The lowest BCUT2D eigenvalue weighted by Gasteiger charge is -2.13. The molecule has 0 aromatic heterocycles. The van der Waals surface area contributed by atoms with Crippen LogP contribution < -0.4 is 5.32 Å². The van der Waals surface area contributed by atoms with Crippen LogP contribution in [0.1, 0.15) is 27.6 Å². The largest absolute Gasteiger partial charge is 0.478 e. The van der Waals surface area contributed by atoms with Gasteiger partial charge in [0.15, 0.2) is 0 Å². The van der Waals surface area contributed by atoms with Crippen LogP contribution in [0.15, 0.2) is 36.4 Å². The van der Waals surface area contributed by atoms with Crippen LogP contribution in [0.3, 0.4) is 0 Å². The summed E-state index contributed by atoms with van der Waals surface area (Å²) >= 11 is 0. The highest BCUT2D eigenvalue weighted by Crippen LogP contribution is 2.23. The Labute approximate surface area is 122 Å². The fourth-order valence-electron chi connectivity index (χ4n) is 2.12. The molecule has 0 aliphatic heterocycles. The van der Waals surface area contributed by atoms with Crippen molar-refractivity contribution in [2.45, 2.75) is 13.0 Å². The summed E-state index contributed by atoms with van der Waals surface area (Å²) in [5.41, 5.74) is 0.479. The number of carboxylic acids is 1. The van der Waals surface area contributed by atoms with Crippen LogP contribution >= 0.6 is 0 Å². The number of carboxylic acid groups (broad SMARTS) is 1. The molecule has 2 aromatic carbocycles. The zero-order valence-electron chi connectivity index (χ0n) is 11.9. The van der Waals surface area contributed by atoms with Crippen molar-refractivity contribution in [3.8, 4) is 0 Å². The first-order valence-electron chi connectivity index (χ1n) is 6.60. The highest BCUT2D eigenvalue weighted by molar-refractivity contribution is 6.14. The monoisotopic (exact) mass is 287 g/mol. The Morgan fingerprint density at radius 3 is 2.38 bits per heavy atom. The van der Waals surface area contributed by atoms with Crippen LogP contribution in [0, 0.1) is 0 Å². The summed E-state index contributed by atoms with van der Waals surface area (Å²) in [7, 11) is 1.57. The van der Waals surface area contributed by atoms with E-state index >= 15 is 0 Å². The van der Waals surface area contributed by atoms with Gasteiger partial charge in [0.05, 0.1) is 11.7 Å². The van der Waals surface area contributed by atoms with Gasteiger partial charge in [0, 0.05) is 24.6 Å². The number of benzene rings is 2. The Kier molecular flexibility index (Phi) is 4.55. The molecule has 0 heterocycles. The van der Waals surface area contributed by atoms with Gasteiger partial charge in [0.25, 0.3) is 5.91 Å². The average Bonchev–Trinajstić information content (AvgIpc) is 2.50. The number of ether oxygens (including phenoxy) is 1. The number of amides is 1. The van der Waals surface area contributed by atoms with Gasteiger partial charge in [0.1, 0.15) is 0 Å². The molecule has 0 bridgehead atoms. The molecule has 0 saturated carbocycles. The van der Waals surface area contributed by atoms with E-state index in [1.807, 2.05) is 6.92 Å². The van der Waals surface area contributed by atoms with Gasteiger partial charge >= 0.3 is 5.97 Å². The topological polar surface area (TPSA) is 75.6 Å². The van der Waals surface area contributed by atoms with E-state index in [2.05, 4.69) is 5.32 Å². The smallest absolute Gasteiger partial charge is 0.336 e. The van der Waals surface area contributed by atoms with Gasteiger partial charge in [-0.05, 0) is 24.4 Å². The van der Waals surface area contributed by atoms with Crippen molar-refractivity contribution in [3.05, 3.63) is 47.5 Å². The number of hydrogen-bond acceptors (Lipinski definition) is 3. The summed E-state index contributed by atoms with van der Waals surface area (Å²) in [4.78, 5) is 23.6. The summed E-state index contributed by atoms with van der Waals surface area (Å²) in [5.74, 6) is -1.36. The van der Waals surface area contributed by atoms with Gasteiger partial charge in [-0.2, -0.15) is 0 Å². The lowest BCUT2D eigenvalue weighted by Crippen LogP contribution is -2.31. The third-order valence-corrected chi connectivity index (χ3v) is 3.33. The molecule has 5 heteroatoms. The van der Waals surface area contributed by atoms with Crippen molar-refractivity contribution < 1.29 is 19.4 Å². The van der Waals surface area contributed by atoms with Crippen LogP contribution in [0.2, 0.25) is 0 Å². The molecule has 2 N–H and O–H groups in total. The number of carbonyl (C=O) groups excluding carboxylic acids is 1. The molecule has 21 heavy (non-hydrogen) atoms. The number of nitrogens with one attached hydrogen (secondary N) is 1. The molecule has 2 aromatic rings. The van der Waals surface area contributed by atoms with E-state index in [1.54, 1.807) is 37.4 Å². The highest BCUT2D eigenvalue weighted by atomic mass is 16.5. The Hall–Kier alpha value is -2.40. The summed E-state index contributed by atoms with van der Waals surface area (Å²) in [6.07, 6.45) is -0.108. The minimum absolute atomic E-state index is 0.108. The van der Waals surface area contributed by atoms with Gasteiger partial charge in [-0.25, -0.2) is 4.79 Å². The number of carbonyl (C=O) groups is 2. The minimum Gasteiger partial charge on any atom is -0.478 e. The SMILES string of the molecule is COC(C)CNC(=O)c1cccc2cccc(C(=O)O)c12. The van der Waals surface area contributed by atoms with Crippen molar-refractivity contribution in [1.29, 1.82) is 0 Å². The maximum Gasteiger partial charge on any atom is 0.336 e. The van der Waals surface area contributed by atoms with Crippen molar-refractivity contribution >= 4 is 22.6 Å². The van der Waals surface area contributed by atoms with Gasteiger partial charge in [-0.3, -0.25) is 4.79 Å². The molecule has 0 saturated heterocycles. The number of rotatable bonds is 5. The van der Waals surface area contributed by atoms with E-state index in [9.17, 15) is 14.7 Å². The number of methoxy groups -OCH3 is 1. The van der Waals surface area contributed by atoms with Crippen LogP contribution in [-0.4, -0.2) is 36.7 Å². The summed E-state index contributed by atoms with van der Waals surface area (Å²) < 4.78 is 5.08. The van der Waals surface area contributed by atoms with E-state index in [-0.39, 0.29) is 17.6 Å². The molecule has 0 aliphatic rings. The molecule has 0 radical (unpaired) electrons. The molecule has 0 aliphatic carbocycles. The summed E-state index contributed by atoms with van der Waals surface area (Å²) in [6, 6.07) is 10.1. The molecule has 1 atom stereocenters. The molecular formula is C16H17NO4. The fraction of sp³-hybridized carbons (Fsp3) is 0.250. The first kappa shape index (κ1) is 15.0. The lowest BCUT2D eigenvalue weighted by atomic mass is 9.98. The third-order valence-electron chi connectivity index (χ3n) is 3.33. The van der Waals surface area contributed by atoms with Crippen molar-refractivity contribution in [2.75, 3.05) is 13.7 Å². The van der Waals surface area contributed by atoms with E-state index in [0.717, 1.165) is 5.39 Å². The minimum atomic E-state index is -1.05. The standard InChI is InChI=1S/C16H17NO4/c1-10(21-2)9-17-15(18)12-7-3-5-11-6-4-8-13(14(11)12)16(19)20/h3-8,10H,9H2,1-2H3,(H,17,18)(H,19,20). The second-order valence-corrected chi connectivity index (χ2v) is 4.77. The summed E-state index contributed by atoms with van der Waals surface area (Å²) in [6.45, 7) is 2.20. The molecule has 110 valence electrons. The van der Waals surface area contributed by atoms with E-state index in [1.165, 1.54) is 6.07 Å². The molecule has 1 amide bonds. The third kappa shape index (κ3) is 3.20. The van der Waals surface area contributed by atoms with Gasteiger partial charge in [0.2, 0.25) is 0 Å². The Morgan fingerprint density at radius 2 is 1.81 bits per heavy atom. The van der Waals surface area contributed by atoms with Crippen molar-refractivity contribution in [1.82, 2.24) is 5.32 Å². The second-order valence-electron chi connectivity index (χ2n) is 4.77. The summed E-state index contributed by atoms with van der Waals surface area (Å²) in [5, 5.41) is 13.2. The zero-order chi connectivity index (χ0) is 15.4. The molecule has 1 unspecified atom stereocenters. The number of fused-ring (bicyclic) bond motifs is 1. The molecule has 5 nitrogen and oxygen atoms in total. The number of aromatic carboxylic acids is 1. The van der Waals surface area contributed by atoms with E-state index in [4.69, 9.17) is 4.74 Å². The molecule has 2 rings (SSSR count). The first-order chi connectivity index (χ1) is 10.0. The van der Waals surface area contributed by atoms with Crippen molar-refractivity contribution in [3.63, 3.8) is 0 Å². The Morgan fingerprint density at radius 1 is 1.19 bits per heavy atom. The van der Waals surface area contributed by atoms with Crippen LogP contribution in [0.4, 0.5) is 0 Å². The predicted molar refractivity (Wildman–Crippen MR) is 79.7 cm³/mol. The van der Waals surface area contributed by atoms with Gasteiger partial charge in [-0.15, -0.1) is 0 Å². The van der Waals surface area contributed by atoms with Crippen LogP contribution in [0.5, 0.6) is 0 Å². The maximum absolute atomic E-state index is 12.3. The first-order valence-corrected chi connectivity index (χ1v) is 6.60. The maximum atomic E-state index is 12.3. The van der Waals surface area contributed by atoms with Crippen LogP contribution in [0.25, 0.3) is 10.8 Å². The Balaban J connectivity index is 2.44. The van der Waals surface area contributed by atoms with Crippen LogP contribution in [-0.2, 0) is 4.74 Å². The molecule has 0 spiro atoms. The average molecular weight is 287 g/mol. The Bertz CT molecular complexity index is 676. The lowest BCUT2D eigenvalue weighted by molar-refractivity contribution is 0.0699. The van der Waals surface area contributed by atoms with E-state index in [0.29, 0.717) is 17.5 Å². The quantitative estimate of drug-likeness (QED) is 0.884. The molecular weight excluding hydrogens is 270 g/mol. The normalized spacial score (nSPS) is 12.1. The van der Waals surface area contributed by atoms with Gasteiger partial charge in [-0.1, -0.05) is 24.3 Å². The van der Waals surface area contributed by atoms with Gasteiger partial charge < -0.3 is 15.2 Å². The van der Waals surface area contributed by atoms with Crippen molar-refractivity contribution in [2.24, 2.45) is 0 Å². The fourth-order valence-corrected chi connectivity index (χ4v) is 2.12. The number of hydrogen-bond donors (Lipinski definition) is 2.